The number of aromatic nitrogens is 1. The summed E-state index contributed by atoms with van der Waals surface area (Å²) in [6, 6.07) is 3.92. The molecule has 1 saturated heterocycles. The highest BCUT2D eigenvalue weighted by Gasteiger charge is 2.21. The lowest BCUT2D eigenvalue weighted by Gasteiger charge is -2.21. The van der Waals surface area contributed by atoms with Crippen LogP contribution >= 0.6 is 0 Å². The molecular weight excluding hydrogens is 262 g/mol. The molecule has 0 saturated carbocycles. The van der Waals surface area contributed by atoms with Crippen molar-refractivity contribution in [2.75, 3.05) is 18.0 Å². The minimum Gasteiger partial charge on any atom is -0.356 e. The van der Waals surface area contributed by atoms with E-state index in [-0.39, 0.29) is 11.9 Å². The van der Waals surface area contributed by atoms with Gasteiger partial charge in [0.25, 0.3) is 5.91 Å². The Kier molecular flexibility index (Phi) is 5.59. The normalized spacial score (nSPS) is 16.3. The van der Waals surface area contributed by atoms with Crippen molar-refractivity contribution >= 4 is 11.7 Å². The van der Waals surface area contributed by atoms with Crippen molar-refractivity contribution in [3.8, 4) is 0 Å². The van der Waals surface area contributed by atoms with Gasteiger partial charge in [-0.3, -0.25) is 4.79 Å². The van der Waals surface area contributed by atoms with Gasteiger partial charge in [0.1, 0.15) is 5.82 Å². The van der Waals surface area contributed by atoms with Gasteiger partial charge in [0.15, 0.2) is 0 Å². The second kappa shape index (κ2) is 7.43. The van der Waals surface area contributed by atoms with Crippen LogP contribution in [0, 0.1) is 5.92 Å². The molecule has 2 rings (SSSR count). The van der Waals surface area contributed by atoms with Crippen molar-refractivity contribution in [2.24, 2.45) is 5.92 Å². The monoisotopic (exact) mass is 289 g/mol. The molecule has 116 valence electrons. The Morgan fingerprint density at radius 1 is 1.29 bits per heavy atom. The van der Waals surface area contributed by atoms with Crippen molar-refractivity contribution in [3.63, 3.8) is 0 Å². The Balaban J connectivity index is 2.01. The largest absolute Gasteiger partial charge is 0.356 e. The molecule has 0 bridgehead atoms. The molecule has 21 heavy (non-hydrogen) atoms. The van der Waals surface area contributed by atoms with E-state index in [2.05, 4.69) is 36.0 Å². The van der Waals surface area contributed by atoms with Gasteiger partial charge in [0, 0.05) is 25.3 Å². The van der Waals surface area contributed by atoms with Crippen LogP contribution in [0.5, 0.6) is 0 Å². The van der Waals surface area contributed by atoms with E-state index in [1.165, 1.54) is 12.8 Å². The zero-order chi connectivity index (χ0) is 15.2. The highest BCUT2D eigenvalue weighted by atomic mass is 16.1. The van der Waals surface area contributed by atoms with Crippen molar-refractivity contribution in [1.29, 1.82) is 0 Å². The fourth-order valence-corrected chi connectivity index (χ4v) is 2.71. The molecular formula is C17H27N3O. The fraction of sp³-hybridized carbons (Fsp3) is 0.647. The number of hydrogen-bond donors (Lipinski definition) is 1. The van der Waals surface area contributed by atoms with E-state index >= 15 is 0 Å². The molecule has 0 spiro atoms. The van der Waals surface area contributed by atoms with Crippen LogP contribution in [0.2, 0.25) is 0 Å². The van der Waals surface area contributed by atoms with Crippen LogP contribution in [-0.2, 0) is 0 Å². The Morgan fingerprint density at radius 3 is 2.67 bits per heavy atom. The summed E-state index contributed by atoms with van der Waals surface area (Å²) in [7, 11) is 0. The molecule has 0 aliphatic carbocycles. The van der Waals surface area contributed by atoms with Crippen LogP contribution in [-0.4, -0.2) is 30.0 Å². The highest BCUT2D eigenvalue weighted by molar-refractivity contribution is 5.99. The maximum Gasteiger partial charge on any atom is 0.255 e. The van der Waals surface area contributed by atoms with Gasteiger partial charge in [-0.2, -0.15) is 0 Å². The van der Waals surface area contributed by atoms with Gasteiger partial charge in [0.2, 0.25) is 0 Å². The summed E-state index contributed by atoms with van der Waals surface area (Å²) in [5.74, 6) is 1.51. The Bertz CT molecular complexity index is 467. The predicted molar refractivity (Wildman–Crippen MR) is 86.7 cm³/mol. The van der Waals surface area contributed by atoms with Crippen LogP contribution in [0.15, 0.2) is 18.3 Å². The average Bonchev–Trinajstić information content (AvgIpc) is 2.99. The van der Waals surface area contributed by atoms with Crippen molar-refractivity contribution < 1.29 is 4.79 Å². The molecule has 4 heteroatoms. The molecule has 1 aromatic rings. The third-order valence-corrected chi connectivity index (χ3v) is 3.99. The molecule has 1 N–H and O–H groups in total. The third-order valence-electron chi connectivity index (χ3n) is 3.99. The summed E-state index contributed by atoms with van der Waals surface area (Å²) in [6.07, 6.45) is 6.29. The molecule has 1 aliphatic heterocycles. The van der Waals surface area contributed by atoms with Crippen LogP contribution in [0.25, 0.3) is 0 Å². The van der Waals surface area contributed by atoms with E-state index in [1.54, 1.807) is 6.20 Å². The van der Waals surface area contributed by atoms with Crippen molar-refractivity contribution in [2.45, 2.75) is 52.5 Å². The quantitative estimate of drug-likeness (QED) is 0.874. The fourth-order valence-electron chi connectivity index (χ4n) is 2.71. The van der Waals surface area contributed by atoms with Crippen LogP contribution < -0.4 is 10.2 Å². The number of amides is 1. The van der Waals surface area contributed by atoms with Gasteiger partial charge in [-0.1, -0.05) is 13.8 Å². The Morgan fingerprint density at radius 2 is 2.00 bits per heavy atom. The first kappa shape index (κ1) is 15.8. The summed E-state index contributed by atoms with van der Waals surface area (Å²) in [5.41, 5.74) is 0.704. The standard InChI is InChI=1S/C17H27N3O/c1-13(2)8-9-14(3)19-17(21)15-7-6-10-18-16(15)20-11-4-5-12-20/h6-7,10,13-14H,4-5,8-9,11-12H2,1-3H3,(H,19,21). The molecule has 1 atom stereocenters. The van der Waals surface area contributed by atoms with Crippen LogP contribution in [0.4, 0.5) is 5.82 Å². The van der Waals surface area contributed by atoms with Gasteiger partial charge < -0.3 is 10.2 Å². The minimum absolute atomic E-state index is 0.00116. The summed E-state index contributed by atoms with van der Waals surface area (Å²) in [6.45, 7) is 8.49. The summed E-state index contributed by atoms with van der Waals surface area (Å²) in [4.78, 5) is 19.1. The van der Waals surface area contributed by atoms with E-state index in [9.17, 15) is 4.79 Å². The van der Waals surface area contributed by atoms with Crippen LogP contribution in [0.1, 0.15) is 56.8 Å². The second-order valence-electron chi connectivity index (χ2n) is 6.41. The van der Waals surface area contributed by atoms with E-state index in [4.69, 9.17) is 0 Å². The molecule has 0 aromatic carbocycles. The zero-order valence-corrected chi connectivity index (χ0v) is 13.4. The van der Waals surface area contributed by atoms with E-state index in [1.807, 2.05) is 12.1 Å². The van der Waals surface area contributed by atoms with Crippen LogP contribution in [0.3, 0.4) is 0 Å². The Hall–Kier alpha value is -1.58. The van der Waals surface area contributed by atoms with Crippen molar-refractivity contribution in [1.82, 2.24) is 10.3 Å². The van der Waals surface area contributed by atoms with E-state index < -0.39 is 0 Å². The summed E-state index contributed by atoms with van der Waals surface area (Å²) >= 11 is 0. The number of anilines is 1. The lowest BCUT2D eigenvalue weighted by atomic mass is 10.0. The number of carbonyl (C=O) groups is 1. The molecule has 0 radical (unpaired) electrons. The van der Waals surface area contributed by atoms with Gasteiger partial charge in [-0.05, 0) is 50.7 Å². The number of nitrogens with one attached hydrogen (secondary N) is 1. The molecule has 1 aliphatic rings. The maximum atomic E-state index is 12.5. The third kappa shape index (κ3) is 4.45. The van der Waals surface area contributed by atoms with Crippen molar-refractivity contribution in [3.05, 3.63) is 23.9 Å². The average molecular weight is 289 g/mol. The first-order valence-electron chi connectivity index (χ1n) is 8.08. The molecule has 1 aromatic heterocycles. The first-order valence-corrected chi connectivity index (χ1v) is 8.08. The Labute approximate surface area is 127 Å². The summed E-state index contributed by atoms with van der Waals surface area (Å²) in [5, 5.41) is 3.11. The van der Waals surface area contributed by atoms with Gasteiger partial charge in [-0.25, -0.2) is 4.98 Å². The second-order valence-corrected chi connectivity index (χ2v) is 6.41. The number of rotatable bonds is 6. The van der Waals surface area contributed by atoms with Gasteiger partial charge in [-0.15, -0.1) is 0 Å². The van der Waals surface area contributed by atoms with E-state index in [0.29, 0.717) is 11.5 Å². The molecule has 2 heterocycles. The predicted octanol–water partition coefficient (Wildman–Crippen LogP) is 3.24. The number of pyridine rings is 1. The SMILES string of the molecule is CC(C)CCC(C)NC(=O)c1cccnc1N1CCCC1. The zero-order valence-electron chi connectivity index (χ0n) is 13.4. The molecule has 4 nitrogen and oxygen atoms in total. The topological polar surface area (TPSA) is 45.2 Å². The lowest BCUT2D eigenvalue weighted by Crippen LogP contribution is -2.34. The molecule has 1 unspecified atom stereocenters. The lowest BCUT2D eigenvalue weighted by molar-refractivity contribution is 0.0937. The molecule has 1 amide bonds. The summed E-state index contributed by atoms with van der Waals surface area (Å²) < 4.78 is 0. The maximum absolute atomic E-state index is 12.5. The smallest absolute Gasteiger partial charge is 0.255 e. The first-order chi connectivity index (χ1) is 10.1. The van der Waals surface area contributed by atoms with E-state index in [0.717, 1.165) is 31.7 Å². The molecule has 1 fully saturated rings. The van der Waals surface area contributed by atoms with Gasteiger partial charge in [0.05, 0.1) is 5.56 Å². The van der Waals surface area contributed by atoms with Gasteiger partial charge >= 0.3 is 0 Å². The number of hydrogen-bond acceptors (Lipinski definition) is 3. The number of nitrogens with zero attached hydrogens (tertiary/aromatic N) is 2. The highest BCUT2D eigenvalue weighted by Crippen LogP contribution is 2.22. The minimum atomic E-state index is 0.00116. The number of carbonyl (C=O) groups excluding carboxylic acids is 1.